The third-order valence-electron chi connectivity index (χ3n) is 7.37. The van der Waals surface area contributed by atoms with Crippen molar-refractivity contribution in [1.29, 1.82) is 0 Å². The topological polar surface area (TPSA) is 0 Å². The molecule has 1 fully saturated rings. The third kappa shape index (κ3) is 7.84. The fourth-order valence-electron chi connectivity index (χ4n) is 5.52. The quantitative estimate of drug-likeness (QED) is 0.191. The number of benzene rings is 2. The van der Waals surface area contributed by atoms with Gasteiger partial charge in [-0.2, -0.15) is 23.8 Å². The number of hydrogen-bond donors (Lipinski definition) is 0. The van der Waals surface area contributed by atoms with Crippen LogP contribution in [0.15, 0.2) is 36.4 Å². The molecule has 0 unspecified atom stereocenters. The number of hydrogen-bond acceptors (Lipinski definition) is 0. The fourth-order valence-corrected chi connectivity index (χ4v) is 6.39. The van der Waals surface area contributed by atoms with Gasteiger partial charge in [0, 0.05) is 0 Å². The Kier molecular flexibility index (Phi) is 10.1. The van der Waals surface area contributed by atoms with E-state index in [0.29, 0.717) is 0 Å². The third-order valence-corrected chi connectivity index (χ3v) is 8.60. The van der Waals surface area contributed by atoms with E-state index in [0.717, 1.165) is 12.8 Å². The average Bonchev–Trinajstić information content (AvgIpc) is 3.39. The van der Waals surface area contributed by atoms with Crippen LogP contribution in [0, 0.1) is 26.0 Å². The molecule has 0 radical (unpaired) electrons. The van der Waals surface area contributed by atoms with Gasteiger partial charge in [0.1, 0.15) is 0 Å². The van der Waals surface area contributed by atoms with Gasteiger partial charge < -0.3 is 0 Å². The molecule has 3 aliphatic rings. The average molecular weight is 558 g/mol. The van der Waals surface area contributed by atoms with E-state index in [2.05, 4.69) is 91.8 Å². The van der Waals surface area contributed by atoms with Crippen molar-refractivity contribution in [3.8, 4) is 11.1 Å². The van der Waals surface area contributed by atoms with E-state index in [9.17, 15) is 0 Å². The van der Waals surface area contributed by atoms with Gasteiger partial charge in [-0.1, -0.05) is 71.6 Å². The summed E-state index contributed by atoms with van der Waals surface area (Å²) in [5, 5.41) is 0. The summed E-state index contributed by atoms with van der Waals surface area (Å²) in [6, 6.07) is 10.9. The van der Waals surface area contributed by atoms with Crippen molar-refractivity contribution in [3.05, 3.63) is 82.0 Å². The van der Waals surface area contributed by atoms with Crippen molar-refractivity contribution < 1.29 is 24.2 Å². The predicted molar refractivity (Wildman–Crippen MR) is 155 cm³/mol. The Labute approximate surface area is 237 Å². The summed E-state index contributed by atoms with van der Waals surface area (Å²) in [6.07, 6.45) is 19.8. The normalized spacial score (nSPS) is 16.4. The van der Waals surface area contributed by atoms with Crippen molar-refractivity contribution in [1.82, 2.24) is 0 Å². The second-order valence-corrected chi connectivity index (χ2v) is 14.5. The first-order chi connectivity index (χ1) is 16.9. The number of aryl methyl sites for hydroxylation is 2. The Bertz CT molecular complexity index is 1040. The van der Waals surface area contributed by atoms with Crippen LogP contribution in [0.2, 0.25) is 0 Å². The summed E-state index contributed by atoms with van der Waals surface area (Å²) in [5.74, 6) is 0. The Morgan fingerprint density at radius 2 is 1.39 bits per heavy atom. The van der Waals surface area contributed by atoms with Crippen LogP contribution in [0.25, 0.3) is 11.1 Å². The molecule has 5 rings (SSSR count). The molecule has 3 aliphatic carbocycles. The summed E-state index contributed by atoms with van der Waals surface area (Å²) >= 11 is 1.69. The zero-order chi connectivity index (χ0) is 26.5. The molecule has 0 bridgehead atoms. The molecular weight excluding hydrogens is 512 g/mol. The molecule has 0 spiro atoms. The first-order valence-electron chi connectivity index (χ1n) is 13.9. The van der Waals surface area contributed by atoms with Gasteiger partial charge in [-0.05, 0) is 35.4 Å². The molecule has 0 heterocycles. The number of rotatable bonds is 0. The van der Waals surface area contributed by atoms with Gasteiger partial charge in [-0.3, -0.25) is 6.08 Å². The van der Waals surface area contributed by atoms with Gasteiger partial charge in [0.25, 0.3) is 0 Å². The number of fused-ring (bicyclic) bond motifs is 3. The molecule has 0 N–H and O–H groups in total. The van der Waals surface area contributed by atoms with Crippen LogP contribution in [-0.4, -0.2) is 3.21 Å². The second-order valence-electron chi connectivity index (χ2n) is 12.7. The maximum atomic E-state index is 3.69. The van der Waals surface area contributed by atoms with Gasteiger partial charge in [0.15, 0.2) is 0 Å². The molecule has 0 atom stereocenters. The Morgan fingerprint density at radius 1 is 0.778 bits per heavy atom. The van der Waals surface area contributed by atoms with Crippen molar-refractivity contribution in [3.63, 3.8) is 0 Å². The minimum absolute atomic E-state index is 0.163. The summed E-state index contributed by atoms with van der Waals surface area (Å²) in [4.78, 5) is 0. The molecule has 0 nitrogen and oxygen atoms in total. The van der Waals surface area contributed by atoms with Gasteiger partial charge in [0.05, 0.1) is 0 Å². The molecule has 0 aliphatic heterocycles. The standard InChI is InChI=1S/C23H29.C7H12.C5H5.Zr/c1-14-9-16-11-17-10-15(2)21(23(6,7)8)13-19(17)18(16)12-20(14)22(3,4)5;1-2-4-6-7-5-3-1;1-2-4-5-3-1;/h9,12-13H,11H2,1-8H3;1-6H2;1-3H,4H2;/q-1;;-1;+2. The van der Waals surface area contributed by atoms with Crippen LogP contribution in [0.1, 0.15) is 120 Å². The van der Waals surface area contributed by atoms with Crippen molar-refractivity contribution in [2.75, 3.05) is 0 Å². The van der Waals surface area contributed by atoms with Gasteiger partial charge in [-0.25, -0.2) is 12.2 Å². The molecule has 190 valence electrons. The Balaban J connectivity index is 0.000000225. The van der Waals surface area contributed by atoms with Crippen LogP contribution in [0.4, 0.5) is 0 Å². The SMILES string of the molecule is Cc1[c-]c2c(cc1C(C)(C)C)-c1cc(C(C)(C)C)c(C)cc1C2.[C-]1=CC=CC1.[Zr+2]=[C]1CCCCCC1. The van der Waals surface area contributed by atoms with E-state index in [4.69, 9.17) is 0 Å². The summed E-state index contributed by atoms with van der Waals surface area (Å²) in [7, 11) is 0. The summed E-state index contributed by atoms with van der Waals surface area (Å²) in [5.41, 5.74) is 11.6. The summed E-state index contributed by atoms with van der Waals surface area (Å²) in [6.45, 7) is 18.2. The van der Waals surface area contributed by atoms with Crippen LogP contribution < -0.4 is 0 Å². The van der Waals surface area contributed by atoms with E-state index in [1.807, 2.05) is 15.4 Å². The molecule has 0 saturated heterocycles. The second kappa shape index (κ2) is 12.5. The molecule has 1 heteroatoms. The van der Waals surface area contributed by atoms with Crippen molar-refractivity contribution >= 4 is 3.21 Å². The summed E-state index contributed by atoms with van der Waals surface area (Å²) < 4.78 is 1.81. The van der Waals surface area contributed by atoms with Crippen LogP contribution in [0.5, 0.6) is 0 Å². The van der Waals surface area contributed by atoms with Gasteiger partial charge >= 0.3 is 66.0 Å². The Morgan fingerprint density at radius 3 is 1.89 bits per heavy atom. The molecular formula is C35H46Zr. The van der Waals surface area contributed by atoms with Gasteiger partial charge in [-0.15, -0.1) is 23.1 Å². The first-order valence-corrected chi connectivity index (χ1v) is 15.1. The zero-order valence-electron chi connectivity index (χ0n) is 24.1. The maximum absolute atomic E-state index is 3.69. The monoisotopic (exact) mass is 556 g/mol. The van der Waals surface area contributed by atoms with Crippen molar-refractivity contribution in [2.24, 2.45) is 0 Å². The molecule has 2 aromatic carbocycles. The first kappa shape index (κ1) is 29.2. The van der Waals surface area contributed by atoms with E-state index in [1.54, 1.807) is 24.2 Å². The van der Waals surface area contributed by atoms with Crippen molar-refractivity contribution in [2.45, 2.75) is 118 Å². The van der Waals surface area contributed by atoms with Crippen LogP contribution in [0.3, 0.4) is 0 Å². The minimum atomic E-state index is 0.163. The van der Waals surface area contributed by atoms with E-state index >= 15 is 0 Å². The van der Waals surface area contributed by atoms with E-state index in [1.165, 1.54) is 83.0 Å². The Hall–Kier alpha value is -1.33. The molecule has 2 aromatic rings. The van der Waals surface area contributed by atoms with E-state index in [-0.39, 0.29) is 10.8 Å². The predicted octanol–water partition coefficient (Wildman–Crippen LogP) is 9.64. The van der Waals surface area contributed by atoms with Crippen LogP contribution in [-0.2, 0) is 41.5 Å². The molecule has 0 amide bonds. The van der Waals surface area contributed by atoms with Crippen LogP contribution >= 0.6 is 0 Å². The fraction of sp³-hybridized carbons (Fsp3) is 0.514. The van der Waals surface area contributed by atoms with E-state index < -0.39 is 0 Å². The van der Waals surface area contributed by atoms with Gasteiger partial charge in [0.2, 0.25) is 0 Å². The number of allylic oxidation sites excluding steroid dienone is 4. The zero-order valence-corrected chi connectivity index (χ0v) is 26.6. The molecule has 36 heavy (non-hydrogen) atoms. The molecule has 1 saturated carbocycles. The molecule has 0 aromatic heterocycles.